The van der Waals surface area contributed by atoms with Crippen molar-refractivity contribution in [2.45, 2.75) is 71.5 Å². The Morgan fingerprint density at radius 1 is 1.06 bits per heavy atom. The van der Waals surface area contributed by atoms with E-state index in [1.54, 1.807) is 0 Å². The van der Waals surface area contributed by atoms with Gasteiger partial charge in [0.05, 0.1) is 17.6 Å². The number of hydrogen-bond acceptors (Lipinski definition) is 4. The highest BCUT2D eigenvalue weighted by molar-refractivity contribution is 6.48. The summed E-state index contributed by atoms with van der Waals surface area (Å²) in [6.07, 6.45) is 5.01. The van der Waals surface area contributed by atoms with Gasteiger partial charge >= 0.3 is 7.12 Å². The second-order valence-electron chi connectivity index (χ2n) is 12.0. The largest absolute Gasteiger partial charge is 0.481 e. The molecule has 1 amide bonds. The molecule has 0 spiro atoms. The van der Waals surface area contributed by atoms with Crippen molar-refractivity contribution in [1.29, 1.82) is 0 Å². The minimum atomic E-state index is -0.448. The predicted molar refractivity (Wildman–Crippen MR) is 146 cm³/mol. The van der Waals surface area contributed by atoms with Crippen LogP contribution in [0.1, 0.15) is 59.4 Å². The van der Waals surface area contributed by atoms with Crippen molar-refractivity contribution in [2.24, 2.45) is 23.2 Å². The topological polar surface area (TPSA) is 59.6 Å². The van der Waals surface area contributed by atoms with Gasteiger partial charge in [-0.2, -0.15) is 0 Å². The molecule has 5 atom stereocenters. The van der Waals surface area contributed by atoms with Crippen molar-refractivity contribution in [3.63, 3.8) is 0 Å². The first kappa shape index (κ1) is 25.1. The lowest BCUT2D eigenvalue weighted by molar-refractivity contribution is -0.199. The molecule has 4 aliphatic rings. The zero-order valence-corrected chi connectivity index (χ0v) is 22.2. The maximum absolute atomic E-state index is 13.7. The molecule has 2 aromatic carbocycles. The maximum Gasteiger partial charge on any atom is 0.481 e. The molecule has 1 aliphatic heterocycles. The average Bonchev–Trinajstić information content (AvgIpc) is 3.21. The van der Waals surface area contributed by atoms with E-state index in [4.69, 9.17) is 9.31 Å². The number of rotatable bonds is 8. The lowest BCUT2D eigenvalue weighted by Crippen LogP contribution is -2.65. The predicted octanol–water partition coefficient (Wildman–Crippen LogP) is 5.94. The van der Waals surface area contributed by atoms with Crippen molar-refractivity contribution in [3.8, 4) is 0 Å². The molecule has 6 rings (SSSR count). The van der Waals surface area contributed by atoms with Crippen molar-refractivity contribution in [1.82, 2.24) is 5.32 Å². The van der Waals surface area contributed by atoms with Crippen LogP contribution in [0.15, 0.2) is 66.4 Å². The fourth-order valence-electron chi connectivity index (χ4n) is 6.61. The molecule has 0 aromatic heterocycles. The molecule has 2 N–H and O–H groups in total. The van der Waals surface area contributed by atoms with Crippen molar-refractivity contribution < 1.29 is 14.1 Å². The Balaban J connectivity index is 1.37. The summed E-state index contributed by atoms with van der Waals surface area (Å²) in [6, 6.07) is 19.7. The smallest absolute Gasteiger partial charge is 0.404 e. The molecule has 4 fully saturated rings. The molecular formula is C30H39BN2O3. The van der Waals surface area contributed by atoms with Gasteiger partial charge in [0.1, 0.15) is 5.70 Å². The number of carbonyl (C=O) groups excluding carboxylic acids is 1. The monoisotopic (exact) mass is 486 g/mol. The second kappa shape index (κ2) is 9.72. The third-order valence-electron chi connectivity index (χ3n) is 8.75. The normalized spacial score (nSPS) is 29.3. The Labute approximate surface area is 216 Å². The summed E-state index contributed by atoms with van der Waals surface area (Å²) in [5.41, 5.74) is 2.30. The van der Waals surface area contributed by atoms with Gasteiger partial charge in [0.15, 0.2) is 0 Å². The van der Waals surface area contributed by atoms with E-state index in [2.05, 4.69) is 45.3 Å². The zero-order chi connectivity index (χ0) is 25.5. The number of hydrogen-bond donors (Lipinski definition) is 2. The molecule has 0 radical (unpaired) electrons. The molecular weight excluding hydrogens is 447 g/mol. The summed E-state index contributed by atoms with van der Waals surface area (Å²) in [7, 11) is -0.448. The van der Waals surface area contributed by atoms with Gasteiger partial charge in [-0.3, -0.25) is 4.79 Å². The van der Waals surface area contributed by atoms with Crippen LogP contribution >= 0.6 is 0 Å². The fraction of sp³-hybridized carbons (Fsp3) is 0.500. The van der Waals surface area contributed by atoms with E-state index in [1.807, 2.05) is 66.7 Å². The minimum absolute atomic E-state index is 0.0904. The van der Waals surface area contributed by atoms with E-state index in [0.29, 0.717) is 23.5 Å². The van der Waals surface area contributed by atoms with Crippen LogP contribution in [0, 0.1) is 23.2 Å². The lowest BCUT2D eigenvalue weighted by Gasteiger charge is -2.64. The van der Waals surface area contributed by atoms with Crippen LogP contribution in [-0.2, 0) is 14.1 Å². The molecule has 3 aliphatic carbocycles. The molecule has 36 heavy (non-hydrogen) atoms. The average molecular weight is 486 g/mol. The van der Waals surface area contributed by atoms with E-state index in [0.717, 1.165) is 24.1 Å². The van der Waals surface area contributed by atoms with Crippen LogP contribution in [-0.4, -0.2) is 30.7 Å². The van der Waals surface area contributed by atoms with Gasteiger partial charge < -0.3 is 19.9 Å². The molecule has 3 saturated carbocycles. The number of benzene rings is 2. The highest BCUT2D eigenvalue weighted by Gasteiger charge is 2.68. The summed E-state index contributed by atoms with van der Waals surface area (Å²) in [4.78, 5) is 13.7. The van der Waals surface area contributed by atoms with E-state index in [-0.39, 0.29) is 29.0 Å². The molecule has 190 valence electrons. The molecule has 6 heteroatoms. The van der Waals surface area contributed by atoms with Crippen LogP contribution < -0.4 is 10.6 Å². The molecule has 1 saturated heterocycles. The molecule has 2 bridgehead atoms. The Hall–Kier alpha value is -2.57. The van der Waals surface area contributed by atoms with Gasteiger partial charge in [-0.15, -0.1) is 0 Å². The third-order valence-corrected chi connectivity index (χ3v) is 8.75. The maximum atomic E-state index is 13.7. The first-order valence-electron chi connectivity index (χ1n) is 13.4. The van der Waals surface area contributed by atoms with Gasteiger partial charge in [-0.05, 0) is 73.1 Å². The number of para-hydroxylation sites is 1. The van der Waals surface area contributed by atoms with Gasteiger partial charge in [-0.1, -0.05) is 76.2 Å². The van der Waals surface area contributed by atoms with Crippen molar-refractivity contribution in [3.05, 3.63) is 71.9 Å². The van der Waals surface area contributed by atoms with E-state index >= 15 is 0 Å². The summed E-state index contributed by atoms with van der Waals surface area (Å²) >= 11 is 0. The number of anilines is 1. The van der Waals surface area contributed by atoms with Crippen LogP contribution in [0.3, 0.4) is 0 Å². The van der Waals surface area contributed by atoms with Gasteiger partial charge in [0, 0.05) is 5.69 Å². The zero-order valence-electron chi connectivity index (χ0n) is 22.2. The summed E-state index contributed by atoms with van der Waals surface area (Å²) < 4.78 is 13.3. The summed E-state index contributed by atoms with van der Waals surface area (Å²) in [5, 5.41) is 6.61. The standard InChI is InChI=1S/C30H39BN2O3/c1-20(2)16-27(31-35-26-19-22-18-25(29(22,3)4)30(26,5)36-31)33-28(34)24(17-21-12-8-6-9-13-21)32-23-14-10-7-11-15-23/h6-15,17,20,22,25-27,32H,16,18-19H2,1-5H3,(H,33,34)/b24-17+/t22?,25-,26?,27?,30-/m0/s1. The SMILES string of the molecule is CC(C)CC(NC(=O)/C(=C\c1ccccc1)Nc1ccccc1)B1OC2CC3C[C@@H](C3(C)C)[C@]2(C)O1. The van der Waals surface area contributed by atoms with E-state index in [1.165, 1.54) is 6.42 Å². The molecule has 3 unspecified atom stereocenters. The van der Waals surface area contributed by atoms with Crippen LogP contribution in [0.2, 0.25) is 0 Å². The second-order valence-corrected chi connectivity index (χ2v) is 12.0. The summed E-state index contributed by atoms with van der Waals surface area (Å²) in [6.45, 7) is 11.3. The molecule has 2 aromatic rings. The lowest BCUT2D eigenvalue weighted by atomic mass is 9.43. The quantitative estimate of drug-likeness (QED) is 0.358. The Morgan fingerprint density at radius 2 is 1.72 bits per heavy atom. The van der Waals surface area contributed by atoms with Crippen LogP contribution in [0.25, 0.3) is 6.08 Å². The first-order valence-corrected chi connectivity index (χ1v) is 13.4. The minimum Gasteiger partial charge on any atom is -0.404 e. The Morgan fingerprint density at radius 3 is 2.36 bits per heavy atom. The highest BCUT2D eigenvalue weighted by atomic mass is 16.7. The Kier molecular flexibility index (Phi) is 6.77. The van der Waals surface area contributed by atoms with Crippen LogP contribution in [0.4, 0.5) is 5.69 Å². The molecule has 5 nitrogen and oxygen atoms in total. The number of carbonyl (C=O) groups is 1. The first-order chi connectivity index (χ1) is 17.2. The van der Waals surface area contributed by atoms with E-state index in [9.17, 15) is 4.79 Å². The van der Waals surface area contributed by atoms with Crippen molar-refractivity contribution >= 4 is 24.8 Å². The van der Waals surface area contributed by atoms with E-state index < -0.39 is 7.12 Å². The van der Waals surface area contributed by atoms with Crippen LogP contribution in [0.5, 0.6) is 0 Å². The number of nitrogens with one attached hydrogen (secondary N) is 2. The molecule has 1 heterocycles. The van der Waals surface area contributed by atoms with Crippen molar-refractivity contribution in [2.75, 3.05) is 5.32 Å². The highest BCUT2D eigenvalue weighted by Crippen LogP contribution is 2.65. The Bertz CT molecular complexity index is 1100. The third kappa shape index (κ3) is 4.73. The van der Waals surface area contributed by atoms with Gasteiger partial charge in [-0.25, -0.2) is 0 Å². The number of amides is 1. The summed E-state index contributed by atoms with van der Waals surface area (Å²) in [5.74, 6) is 1.16. The fourth-order valence-corrected chi connectivity index (χ4v) is 6.61. The van der Waals surface area contributed by atoms with Gasteiger partial charge in [0.25, 0.3) is 5.91 Å². The van der Waals surface area contributed by atoms with Gasteiger partial charge in [0.2, 0.25) is 0 Å².